The molecule has 0 N–H and O–H groups in total. The van der Waals surface area contributed by atoms with Crippen molar-refractivity contribution in [1.82, 2.24) is 0 Å². The highest BCUT2D eigenvalue weighted by atomic mass is 16.5. The van der Waals surface area contributed by atoms with Crippen molar-refractivity contribution in [2.75, 3.05) is 7.11 Å². The van der Waals surface area contributed by atoms with Gasteiger partial charge in [-0.3, -0.25) is 0 Å². The van der Waals surface area contributed by atoms with E-state index in [9.17, 15) is 0 Å². The standard InChI is InChI=1S/C20H16O2/c1-3-20(22-19-12-10-18(21-2)11-13-19)17-9-8-15-6-4-5-7-16(15)14-17/h1,4-14,20H,2H3/t20-/m1/s1. The summed E-state index contributed by atoms with van der Waals surface area (Å²) in [5.74, 6) is 4.21. The summed E-state index contributed by atoms with van der Waals surface area (Å²) in [6.07, 6.45) is 5.23. The lowest BCUT2D eigenvalue weighted by Crippen LogP contribution is -2.05. The van der Waals surface area contributed by atoms with E-state index in [1.165, 1.54) is 5.39 Å². The van der Waals surface area contributed by atoms with E-state index < -0.39 is 6.10 Å². The lowest BCUT2D eigenvalue weighted by Gasteiger charge is -2.15. The Morgan fingerprint density at radius 2 is 1.55 bits per heavy atom. The van der Waals surface area contributed by atoms with Gasteiger partial charge < -0.3 is 9.47 Å². The van der Waals surface area contributed by atoms with Crippen LogP contribution in [0.3, 0.4) is 0 Å². The SMILES string of the molecule is C#C[C@@H](Oc1ccc(OC)cc1)c1ccc2ccccc2c1. The summed E-state index contributed by atoms with van der Waals surface area (Å²) in [6.45, 7) is 0. The van der Waals surface area contributed by atoms with Crippen molar-refractivity contribution < 1.29 is 9.47 Å². The molecule has 0 aliphatic heterocycles. The average molecular weight is 288 g/mol. The van der Waals surface area contributed by atoms with Crippen LogP contribution >= 0.6 is 0 Å². The summed E-state index contributed by atoms with van der Waals surface area (Å²) in [6, 6.07) is 21.7. The first kappa shape index (κ1) is 14.0. The van der Waals surface area contributed by atoms with Gasteiger partial charge in [0.05, 0.1) is 7.11 Å². The molecule has 0 radical (unpaired) electrons. The molecule has 1 atom stereocenters. The highest BCUT2D eigenvalue weighted by Crippen LogP contribution is 2.26. The van der Waals surface area contributed by atoms with Crippen LogP contribution in [0.2, 0.25) is 0 Å². The van der Waals surface area contributed by atoms with Crippen molar-refractivity contribution in [3.8, 4) is 23.8 Å². The monoisotopic (exact) mass is 288 g/mol. The molecular formula is C20H16O2. The van der Waals surface area contributed by atoms with Gasteiger partial charge >= 0.3 is 0 Å². The van der Waals surface area contributed by atoms with Crippen LogP contribution in [0.4, 0.5) is 0 Å². The van der Waals surface area contributed by atoms with Crippen LogP contribution in [-0.4, -0.2) is 7.11 Å². The molecule has 0 amide bonds. The quantitative estimate of drug-likeness (QED) is 0.653. The Morgan fingerprint density at radius 3 is 2.23 bits per heavy atom. The number of rotatable bonds is 4. The minimum atomic E-state index is -0.419. The molecule has 0 fully saturated rings. The fourth-order valence-electron chi connectivity index (χ4n) is 2.36. The predicted octanol–water partition coefficient (Wildman–Crippen LogP) is 4.60. The maximum Gasteiger partial charge on any atom is 0.184 e. The van der Waals surface area contributed by atoms with E-state index in [1.54, 1.807) is 7.11 Å². The Balaban J connectivity index is 1.87. The normalized spacial score (nSPS) is 11.6. The molecule has 22 heavy (non-hydrogen) atoms. The molecule has 3 aromatic rings. The first-order valence-corrected chi connectivity index (χ1v) is 7.05. The van der Waals surface area contributed by atoms with Crippen LogP contribution in [0, 0.1) is 12.3 Å². The van der Waals surface area contributed by atoms with Gasteiger partial charge in [0, 0.05) is 5.56 Å². The minimum Gasteiger partial charge on any atom is -0.497 e. The lowest BCUT2D eigenvalue weighted by atomic mass is 10.0. The topological polar surface area (TPSA) is 18.5 Å². The van der Waals surface area contributed by atoms with Crippen molar-refractivity contribution in [3.63, 3.8) is 0 Å². The molecule has 0 spiro atoms. The van der Waals surface area contributed by atoms with E-state index in [2.05, 4.69) is 30.2 Å². The van der Waals surface area contributed by atoms with Crippen molar-refractivity contribution in [3.05, 3.63) is 72.3 Å². The molecule has 2 nitrogen and oxygen atoms in total. The van der Waals surface area contributed by atoms with Crippen LogP contribution in [0.25, 0.3) is 10.8 Å². The maximum absolute atomic E-state index is 5.91. The number of hydrogen-bond donors (Lipinski definition) is 0. The van der Waals surface area contributed by atoms with Gasteiger partial charge in [-0.05, 0) is 41.1 Å². The molecule has 0 saturated carbocycles. The highest BCUT2D eigenvalue weighted by Gasteiger charge is 2.11. The zero-order valence-corrected chi connectivity index (χ0v) is 12.3. The molecule has 3 aromatic carbocycles. The van der Waals surface area contributed by atoms with E-state index in [0.29, 0.717) is 0 Å². The number of terminal acetylenes is 1. The Kier molecular flexibility index (Phi) is 3.98. The first-order valence-electron chi connectivity index (χ1n) is 7.05. The van der Waals surface area contributed by atoms with Gasteiger partial charge in [0.15, 0.2) is 6.10 Å². The zero-order chi connectivity index (χ0) is 15.4. The molecule has 2 heteroatoms. The molecule has 3 rings (SSSR count). The Morgan fingerprint density at radius 1 is 0.864 bits per heavy atom. The van der Waals surface area contributed by atoms with Crippen LogP contribution in [-0.2, 0) is 0 Å². The highest BCUT2D eigenvalue weighted by molar-refractivity contribution is 5.83. The molecule has 0 aromatic heterocycles. The molecule has 0 unspecified atom stereocenters. The summed E-state index contributed by atoms with van der Waals surface area (Å²) in [5, 5.41) is 2.34. The Labute approximate surface area is 130 Å². The van der Waals surface area contributed by atoms with Gasteiger partial charge in [-0.1, -0.05) is 42.3 Å². The number of benzene rings is 3. The third kappa shape index (κ3) is 2.89. The third-order valence-corrected chi connectivity index (χ3v) is 3.54. The largest absolute Gasteiger partial charge is 0.497 e. The summed E-state index contributed by atoms with van der Waals surface area (Å²) in [5.41, 5.74) is 0.969. The second-order valence-electron chi connectivity index (χ2n) is 4.95. The summed E-state index contributed by atoms with van der Waals surface area (Å²) >= 11 is 0. The maximum atomic E-state index is 5.91. The van der Waals surface area contributed by atoms with Crippen LogP contribution in [0.1, 0.15) is 11.7 Å². The summed E-state index contributed by atoms with van der Waals surface area (Å²) in [4.78, 5) is 0. The van der Waals surface area contributed by atoms with E-state index in [-0.39, 0.29) is 0 Å². The van der Waals surface area contributed by atoms with Gasteiger partial charge in [0.25, 0.3) is 0 Å². The summed E-state index contributed by atoms with van der Waals surface area (Å²) in [7, 11) is 1.63. The minimum absolute atomic E-state index is 0.419. The molecule has 0 heterocycles. The number of fused-ring (bicyclic) bond motifs is 1. The van der Waals surface area contributed by atoms with Crippen LogP contribution in [0.5, 0.6) is 11.5 Å². The van der Waals surface area contributed by atoms with Crippen molar-refractivity contribution in [1.29, 1.82) is 0 Å². The lowest BCUT2D eigenvalue weighted by molar-refractivity contribution is 0.265. The number of methoxy groups -OCH3 is 1. The second kappa shape index (κ2) is 6.24. The molecule has 0 aliphatic rings. The second-order valence-corrected chi connectivity index (χ2v) is 4.95. The van der Waals surface area contributed by atoms with Crippen molar-refractivity contribution in [2.45, 2.75) is 6.10 Å². The van der Waals surface area contributed by atoms with Gasteiger partial charge in [0.1, 0.15) is 11.5 Å². The van der Waals surface area contributed by atoms with E-state index in [1.807, 2.05) is 42.5 Å². The number of hydrogen-bond acceptors (Lipinski definition) is 2. The fourth-order valence-corrected chi connectivity index (χ4v) is 2.36. The zero-order valence-electron chi connectivity index (χ0n) is 12.3. The molecular weight excluding hydrogens is 272 g/mol. The van der Waals surface area contributed by atoms with Crippen LogP contribution < -0.4 is 9.47 Å². The molecule has 108 valence electrons. The fraction of sp³-hybridized carbons (Fsp3) is 0.100. The Hall–Kier alpha value is -2.92. The van der Waals surface area contributed by atoms with Gasteiger partial charge in [-0.25, -0.2) is 0 Å². The third-order valence-electron chi connectivity index (χ3n) is 3.54. The molecule has 0 aliphatic carbocycles. The van der Waals surface area contributed by atoms with Gasteiger partial charge in [-0.2, -0.15) is 0 Å². The summed E-state index contributed by atoms with van der Waals surface area (Å²) < 4.78 is 11.0. The smallest absolute Gasteiger partial charge is 0.184 e. The Bertz CT molecular complexity index is 813. The van der Waals surface area contributed by atoms with Crippen LogP contribution in [0.15, 0.2) is 66.7 Å². The van der Waals surface area contributed by atoms with E-state index in [4.69, 9.17) is 15.9 Å². The predicted molar refractivity (Wildman–Crippen MR) is 89.1 cm³/mol. The van der Waals surface area contributed by atoms with Crippen molar-refractivity contribution in [2.24, 2.45) is 0 Å². The van der Waals surface area contributed by atoms with Gasteiger partial charge in [0.2, 0.25) is 0 Å². The molecule has 0 saturated heterocycles. The molecule has 0 bridgehead atoms. The first-order chi connectivity index (χ1) is 10.8. The van der Waals surface area contributed by atoms with Gasteiger partial charge in [-0.15, -0.1) is 6.42 Å². The van der Waals surface area contributed by atoms with Crippen molar-refractivity contribution >= 4 is 10.8 Å². The van der Waals surface area contributed by atoms with E-state index in [0.717, 1.165) is 22.4 Å². The average Bonchev–Trinajstić information content (AvgIpc) is 2.59. The number of ether oxygens (including phenoxy) is 2. The van der Waals surface area contributed by atoms with E-state index >= 15 is 0 Å².